The number of fused-ring (bicyclic) bond motifs is 1. The summed E-state index contributed by atoms with van der Waals surface area (Å²) in [5.41, 5.74) is 0. The Morgan fingerprint density at radius 1 is 1.65 bits per heavy atom. The molecule has 0 aromatic carbocycles. The van der Waals surface area contributed by atoms with Crippen molar-refractivity contribution in [3.8, 4) is 0 Å². The van der Waals surface area contributed by atoms with Crippen LogP contribution >= 0.6 is 11.3 Å². The molecule has 0 aliphatic carbocycles. The Morgan fingerprint density at radius 2 is 2.47 bits per heavy atom. The number of nitrogens with zero attached hydrogens (tertiary/aromatic N) is 4. The van der Waals surface area contributed by atoms with Gasteiger partial charge >= 0.3 is 0 Å². The molecule has 0 aliphatic rings. The smallest absolute Gasteiger partial charge is 0.234 e. The highest BCUT2D eigenvalue weighted by molar-refractivity contribution is 7.16. The zero-order valence-electron chi connectivity index (χ0n) is 9.88. The van der Waals surface area contributed by atoms with Gasteiger partial charge in [-0.05, 0) is 13.3 Å². The topological polar surface area (TPSA) is 72.2 Å². The number of aryl methyl sites for hydroxylation is 1. The lowest BCUT2D eigenvalue weighted by Gasteiger charge is -2.10. The van der Waals surface area contributed by atoms with E-state index in [4.69, 9.17) is 0 Å². The molecule has 0 bridgehead atoms. The molecule has 1 atom stereocenters. The largest absolute Gasteiger partial charge is 0.354 e. The van der Waals surface area contributed by atoms with E-state index in [1.165, 1.54) is 11.3 Å². The minimum Gasteiger partial charge on any atom is -0.354 e. The second-order valence-electron chi connectivity index (χ2n) is 3.93. The summed E-state index contributed by atoms with van der Waals surface area (Å²) in [4.78, 5) is 12.3. The van der Waals surface area contributed by atoms with E-state index in [2.05, 4.69) is 20.6 Å². The zero-order chi connectivity index (χ0) is 12.3. The van der Waals surface area contributed by atoms with Gasteiger partial charge in [0, 0.05) is 18.9 Å². The van der Waals surface area contributed by atoms with Gasteiger partial charge in [0.15, 0.2) is 0 Å². The van der Waals surface area contributed by atoms with E-state index in [9.17, 15) is 4.79 Å². The molecule has 0 spiro atoms. The zero-order valence-corrected chi connectivity index (χ0v) is 10.7. The molecule has 7 heteroatoms. The van der Waals surface area contributed by atoms with Crippen molar-refractivity contribution in [1.29, 1.82) is 0 Å². The summed E-state index contributed by atoms with van der Waals surface area (Å²) in [5, 5.41) is 15.7. The first-order chi connectivity index (χ1) is 8.19. The van der Waals surface area contributed by atoms with Crippen molar-refractivity contribution in [2.24, 2.45) is 0 Å². The third-order valence-electron chi connectivity index (χ3n) is 2.51. The highest BCUT2D eigenvalue weighted by atomic mass is 32.1. The van der Waals surface area contributed by atoms with Crippen LogP contribution in [0.1, 0.15) is 31.7 Å². The van der Waals surface area contributed by atoms with Gasteiger partial charge in [-0.25, -0.2) is 0 Å². The average molecular weight is 253 g/mol. The molecule has 0 fully saturated rings. The van der Waals surface area contributed by atoms with Crippen molar-refractivity contribution in [2.45, 2.75) is 39.2 Å². The maximum atomic E-state index is 11.6. The van der Waals surface area contributed by atoms with Crippen LogP contribution in [0.2, 0.25) is 0 Å². The Hall–Kier alpha value is -1.50. The van der Waals surface area contributed by atoms with E-state index in [0.29, 0.717) is 12.8 Å². The Labute approximate surface area is 103 Å². The third-order valence-corrected chi connectivity index (χ3v) is 3.49. The van der Waals surface area contributed by atoms with Gasteiger partial charge in [-0.1, -0.05) is 18.3 Å². The second kappa shape index (κ2) is 5.22. The molecule has 2 heterocycles. The van der Waals surface area contributed by atoms with Gasteiger partial charge in [0.25, 0.3) is 0 Å². The van der Waals surface area contributed by atoms with Gasteiger partial charge in [0.1, 0.15) is 11.3 Å². The van der Waals surface area contributed by atoms with Crippen molar-refractivity contribution < 1.29 is 4.79 Å². The molecule has 92 valence electrons. The molecule has 0 saturated heterocycles. The Balaban J connectivity index is 1.85. The molecule has 6 nitrogen and oxygen atoms in total. The molecule has 0 radical (unpaired) electrons. The summed E-state index contributed by atoms with van der Waals surface area (Å²) in [7, 11) is 0. The summed E-state index contributed by atoms with van der Waals surface area (Å²) < 4.78 is 1.63. The fourth-order valence-electron chi connectivity index (χ4n) is 1.37. The van der Waals surface area contributed by atoms with Crippen LogP contribution in [-0.2, 0) is 11.2 Å². The number of rotatable bonds is 5. The molecule has 2 rings (SSSR count). The lowest BCUT2D eigenvalue weighted by atomic mass is 10.2. The van der Waals surface area contributed by atoms with Crippen LogP contribution in [0.15, 0.2) is 6.33 Å². The first kappa shape index (κ1) is 12.0. The Kier molecular flexibility index (Phi) is 3.68. The number of nitrogens with one attached hydrogen (secondary N) is 1. The SMILES string of the molecule is CCC(C)NC(=O)CCc1nn2cnnc2s1. The number of hydrogen-bond acceptors (Lipinski definition) is 5. The highest BCUT2D eigenvalue weighted by Gasteiger charge is 2.09. The number of carbonyl (C=O) groups excluding carboxylic acids is 1. The Morgan fingerprint density at radius 3 is 3.18 bits per heavy atom. The minimum atomic E-state index is 0.0744. The van der Waals surface area contributed by atoms with Crippen molar-refractivity contribution in [1.82, 2.24) is 25.1 Å². The maximum absolute atomic E-state index is 11.6. The average Bonchev–Trinajstić information content (AvgIpc) is 2.86. The van der Waals surface area contributed by atoms with Gasteiger partial charge in [0.2, 0.25) is 10.9 Å². The first-order valence-corrected chi connectivity index (χ1v) is 6.45. The van der Waals surface area contributed by atoms with Gasteiger partial charge in [-0.3, -0.25) is 4.79 Å². The molecule has 1 unspecified atom stereocenters. The molecular weight excluding hydrogens is 238 g/mol. The summed E-state index contributed by atoms with van der Waals surface area (Å²) >= 11 is 1.47. The van der Waals surface area contributed by atoms with Crippen LogP contribution in [0.4, 0.5) is 0 Å². The normalized spacial score (nSPS) is 12.8. The molecule has 2 aromatic heterocycles. The van der Waals surface area contributed by atoms with Gasteiger partial charge in [0.05, 0.1) is 0 Å². The maximum Gasteiger partial charge on any atom is 0.234 e. The molecular formula is C10H15N5OS. The van der Waals surface area contributed by atoms with E-state index in [0.717, 1.165) is 16.4 Å². The summed E-state index contributed by atoms with van der Waals surface area (Å²) in [6, 6.07) is 0.236. The quantitative estimate of drug-likeness (QED) is 0.864. The van der Waals surface area contributed by atoms with E-state index in [1.807, 2.05) is 13.8 Å². The van der Waals surface area contributed by atoms with Gasteiger partial charge in [-0.15, -0.1) is 10.2 Å². The minimum absolute atomic E-state index is 0.0744. The standard InChI is InChI=1S/C10H15N5OS/c1-3-7(2)12-8(16)4-5-9-14-15-6-11-13-10(15)17-9/h6-7H,3-5H2,1-2H3,(H,12,16). The molecule has 17 heavy (non-hydrogen) atoms. The molecule has 1 amide bonds. The lowest BCUT2D eigenvalue weighted by Crippen LogP contribution is -2.31. The molecule has 1 N–H and O–H groups in total. The summed E-state index contributed by atoms with van der Waals surface area (Å²) in [6.45, 7) is 4.05. The van der Waals surface area contributed by atoms with E-state index in [1.54, 1.807) is 10.8 Å². The number of carbonyl (C=O) groups is 1. The van der Waals surface area contributed by atoms with Crippen molar-refractivity contribution in [2.75, 3.05) is 0 Å². The van der Waals surface area contributed by atoms with Gasteiger partial charge in [-0.2, -0.15) is 9.61 Å². The molecule has 2 aromatic rings. The summed E-state index contributed by atoms with van der Waals surface area (Å²) in [6.07, 6.45) is 3.63. The van der Waals surface area contributed by atoms with Crippen LogP contribution in [0, 0.1) is 0 Å². The van der Waals surface area contributed by atoms with Crippen LogP contribution in [0.25, 0.3) is 4.96 Å². The first-order valence-electron chi connectivity index (χ1n) is 5.64. The lowest BCUT2D eigenvalue weighted by molar-refractivity contribution is -0.121. The molecule has 0 saturated carbocycles. The Bertz CT molecular complexity index is 477. The summed E-state index contributed by atoms with van der Waals surface area (Å²) in [5.74, 6) is 0.0744. The fourth-order valence-corrected chi connectivity index (χ4v) is 2.18. The predicted octanol–water partition coefficient (Wildman–Crippen LogP) is 1.03. The predicted molar refractivity (Wildman–Crippen MR) is 64.9 cm³/mol. The third kappa shape index (κ3) is 3.00. The highest BCUT2D eigenvalue weighted by Crippen LogP contribution is 2.13. The van der Waals surface area contributed by atoms with Crippen LogP contribution in [0.5, 0.6) is 0 Å². The molecule has 0 aliphatic heterocycles. The number of aromatic nitrogens is 4. The number of amides is 1. The second-order valence-corrected chi connectivity index (χ2v) is 4.97. The van der Waals surface area contributed by atoms with E-state index in [-0.39, 0.29) is 11.9 Å². The van der Waals surface area contributed by atoms with E-state index >= 15 is 0 Å². The fraction of sp³-hybridized carbons (Fsp3) is 0.600. The van der Waals surface area contributed by atoms with Crippen molar-refractivity contribution in [3.05, 3.63) is 11.3 Å². The van der Waals surface area contributed by atoms with Gasteiger partial charge < -0.3 is 5.32 Å². The van der Waals surface area contributed by atoms with Crippen molar-refractivity contribution in [3.63, 3.8) is 0 Å². The van der Waals surface area contributed by atoms with E-state index < -0.39 is 0 Å². The van der Waals surface area contributed by atoms with Crippen LogP contribution < -0.4 is 5.32 Å². The number of hydrogen-bond donors (Lipinski definition) is 1. The monoisotopic (exact) mass is 253 g/mol. The van der Waals surface area contributed by atoms with Crippen molar-refractivity contribution >= 4 is 22.2 Å². The van der Waals surface area contributed by atoms with Crippen LogP contribution in [0.3, 0.4) is 0 Å². The van der Waals surface area contributed by atoms with Crippen LogP contribution in [-0.4, -0.2) is 31.8 Å².